The van der Waals surface area contributed by atoms with Crippen LogP contribution < -0.4 is 10.4 Å². The SMILES string of the molecule is Cc1c([C@@H](C)/N=c2\nc(C)n(C3CC3)c3cnc(N4CCOCC4)cc23)cccc1C(F)(F)F. The lowest BCUT2D eigenvalue weighted by molar-refractivity contribution is -0.138. The maximum Gasteiger partial charge on any atom is 0.416 e. The summed E-state index contributed by atoms with van der Waals surface area (Å²) in [5.41, 5.74) is 1.61. The molecule has 0 N–H and O–H groups in total. The van der Waals surface area contributed by atoms with Gasteiger partial charge in [0.2, 0.25) is 0 Å². The lowest BCUT2D eigenvalue weighted by Gasteiger charge is -2.28. The topological polar surface area (TPSA) is 55.5 Å². The number of alkyl halides is 3. The third kappa shape index (κ3) is 4.29. The molecule has 5 rings (SSSR count). The Kier molecular flexibility index (Phi) is 5.83. The fourth-order valence-electron chi connectivity index (χ4n) is 4.77. The van der Waals surface area contributed by atoms with Gasteiger partial charge in [-0.1, -0.05) is 12.1 Å². The van der Waals surface area contributed by atoms with E-state index in [9.17, 15) is 13.2 Å². The number of hydrogen-bond donors (Lipinski definition) is 0. The predicted molar refractivity (Wildman–Crippen MR) is 124 cm³/mol. The zero-order chi connectivity index (χ0) is 24.0. The molecule has 1 saturated heterocycles. The van der Waals surface area contributed by atoms with Gasteiger partial charge in [-0.05, 0) is 56.9 Å². The Morgan fingerprint density at radius 1 is 1.15 bits per heavy atom. The van der Waals surface area contributed by atoms with Crippen LogP contribution in [0.2, 0.25) is 0 Å². The molecule has 2 aromatic heterocycles. The molecule has 3 heterocycles. The monoisotopic (exact) mass is 471 g/mol. The van der Waals surface area contributed by atoms with Crippen LogP contribution in [0.3, 0.4) is 0 Å². The lowest BCUT2D eigenvalue weighted by Crippen LogP contribution is -2.36. The van der Waals surface area contributed by atoms with E-state index in [4.69, 9.17) is 19.7 Å². The maximum atomic E-state index is 13.5. The van der Waals surface area contributed by atoms with E-state index in [0.29, 0.717) is 30.3 Å². The van der Waals surface area contributed by atoms with Crippen LogP contribution in [0.15, 0.2) is 35.5 Å². The van der Waals surface area contributed by atoms with Crippen molar-refractivity contribution in [3.05, 3.63) is 58.5 Å². The summed E-state index contributed by atoms with van der Waals surface area (Å²) in [6.45, 7) is 8.09. The highest BCUT2D eigenvalue weighted by Crippen LogP contribution is 2.38. The first kappa shape index (κ1) is 22.8. The number of rotatable bonds is 4. The summed E-state index contributed by atoms with van der Waals surface area (Å²) in [6.07, 6.45) is -0.317. The van der Waals surface area contributed by atoms with Crippen molar-refractivity contribution in [2.45, 2.75) is 51.9 Å². The molecule has 0 amide bonds. The van der Waals surface area contributed by atoms with Crippen molar-refractivity contribution in [2.24, 2.45) is 4.99 Å². The Hall–Kier alpha value is -2.94. The van der Waals surface area contributed by atoms with Gasteiger partial charge in [0, 0.05) is 24.5 Å². The third-order valence-corrected chi connectivity index (χ3v) is 6.68. The van der Waals surface area contributed by atoms with Crippen LogP contribution in [-0.2, 0) is 10.9 Å². The normalized spacial score (nSPS) is 18.5. The van der Waals surface area contributed by atoms with Gasteiger partial charge >= 0.3 is 6.18 Å². The number of hydrogen-bond acceptors (Lipinski definition) is 5. The van der Waals surface area contributed by atoms with E-state index in [1.807, 2.05) is 26.1 Å². The summed E-state index contributed by atoms with van der Waals surface area (Å²) >= 11 is 0. The Morgan fingerprint density at radius 2 is 1.88 bits per heavy atom. The molecule has 2 fully saturated rings. The summed E-state index contributed by atoms with van der Waals surface area (Å²) < 4.78 is 48.1. The first-order valence-corrected chi connectivity index (χ1v) is 11.7. The molecule has 0 bridgehead atoms. The number of aromatic nitrogens is 3. The maximum absolute atomic E-state index is 13.5. The molecule has 0 radical (unpaired) electrons. The molecule has 180 valence electrons. The van der Waals surface area contributed by atoms with Crippen LogP contribution in [0.25, 0.3) is 10.9 Å². The minimum atomic E-state index is -4.40. The fourth-order valence-corrected chi connectivity index (χ4v) is 4.77. The summed E-state index contributed by atoms with van der Waals surface area (Å²) in [4.78, 5) is 16.6. The Morgan fingerprint density at radius 3 is 2.56 bits per heavy atom. The predicted octanol–water partition coefficient (Wildman–Crippen LogP) is 4.90. The van der Waals surface area contributed by atoms with Crippen LogP contribution in [0, 0.1) is 13.8 Å². The molecule has 3 aromatic rings. The van der Waals surface area contributed by atoms with Gasteiger partial charge in [0.25, 0.3) is 0 Å². The number of benzene rings is 1. The van der Waals surface area contributed by atoms with Gasteiger partial charge in [0.1, 0.15) is 11.6 Å². The van der Waals surface area contributed by atoms with Gasteiger partial charge in [-0.2, -0.15) is 13.2 Å². The third-order valence-electron chi connectivity index (χ3n) is 6.68. The standard InChI is InChI=1S/C25H28F3N5O/c1-15-19(5-4-6-21(15)25(26,27)28)16(2)30-24-20-13-23(32-9-11-34-12-10-32)29-14-22(20)33(17(3)31-24)18-7-8-18/h4-6,13-14,16,18H,7-12H2,1-3H3/b30-24-/t16-/m1/s1. The lowest BCUT2D eigenvalue weighted by atomic mass is 9.97. The zero-order valence-electron chi connectivity index (χ0n) is 19.6. The molecule has 2 aliphatic rings. The minimum Gasteiger partial charge on any atom is -0.378 e. The number of anilines is 1. The number of fused-ring (bicyclic) bond motifs is 1. The number of ether oxygens (including phenoxy) is 1. The number of halogens is 3. The summed E-state index contributed by atoms with van der Waals surface area (Å²) in [6, 6.07) is 6.20. The van der Waals surface area contributed by atoms with Gasteiger partial charge in [0.15, 0.2) is 5.49 Å². The molecular formula is C25H28F3N5O. The van der Waals surface area contributed by atoms with Gasteiger partial charge in [-0.15, -0.1) is 0 Å². The van der Waals surface area contributed by atoms with Gasteiger partial charge in [0.05, 0.1) is 36.5 Å². The Bertz CT molecular complexity index is 1290. The van der Waals surface area contributed by atoms with E-state index >= 15 is 0 Å². The van der Waals surface area contributed by atoms with Crippen molar-refractivity contribution in [1.29, 1.82) is 0 Å². The molecule has 1 saturated carbocycles. The molecule has 1 aliphatic heterocycles. The molecule has 9 heteroatoms. The Balaban J connectivity index is 1.66. The van der Waals surface area contributed by atoms with Crippen molar-refractivity contribution in [3.63, 3.8) is 0 Å². The summed E-state index contributed by atoms with van der Waals surface area (Å²) in [7, 11) is 0. The number of pyridine rings is 1. The highest BCUT2D eigenvalue weighted by molar-refractivity contribution is 5.80. The number of morpholine rings is 1. The van der Waals surface area contributed by atoms with Gasteiger partial charge < -0.3 is 14.2 Å². The molecule has 1 aromatic carbocycles. The van der Waals surface area contributed by atoms with Gasteiger partial charge in [-0.25, -0.2) is 9.97 Å². The first-order chi connectivity index (χ1) is 16.2. The largest absolute Gasteiger partial charge is 0.416 e. The molecule has 0 spiro atoms. The number of nitrogens with zero attached hydrogens (tertiary/aromatic N) is 5. The molecule has 1 aliphatic carbocycles. The molecular weight excluding hydrogens is 443 g/mol. The smallest absolute Gasteiger partial charge is 0.378 e. The second kappa shape index (κ2) is 8.69. The second-order valence-electron chi connectivity index (χ2n) is 9.07. The fraction of sp³-hybridized carbons (Fsp3) is 0.480. The average molecular weight is 472 g/mol. The van der Waals surface area contributed by atoms with E-state index in [0.717, 1.165) is 54.5 Å². The van der Waals surface area contributed by atoms with E-state index in [1.54, 1.807) is 6.07 Å². The van der Waals surface area contributed by atoms with Crippen molar-refractivity contribution < 1.29 is 17.9 Å². The Labute approximate surface area is 196 Å². The molecule has 6 nitrogen and oxygen atoms in total. The second-order valence-corrected chi connectivity index (χ2v) is 9.07. The highest BCUT2D eigenvalue weighted by atomic mass is 19.4. The van der Waals surface area contributed by atoms with Crippen molar-refractivity contribution in [3.8, 4) is 0 Å². The van der Waals surface area contributed by atoms with Gasteiger partial charge in [-0.3, -0.25) is 4.99 Å². The summed E-state index contributed by atoms with van der Waals surface area (Å²) in [5.74, 6) is 1.67. The first-order valence-electron chi connectivity index (χ1n) is 11.7. The van der Waals surface area contributed by atoms with E-state index in [2.05, 4.69) is 9.47 Å². The highest BCUT2D eigenvalue weighted by Gasteiger charge is 2.33. The van der Waals surface area contributed by atoms with Crippen molar-refractivity contribution in [1.82, 2.24) is 14.5 Å². The van der Waals surface area contributed by atoms with Crippen LogP contribution in [-0.4, -0.2) is 40.8 Å². The molecule has 0 unspecified atom stereocenters. The summed E-state index contributed by atoms with van der Waals surface area (Å²) in [5, 5.41) is 0.866. The van der Waals surface area contributed by atoms with E-state index in [-0.39, 0.29) is 5.56 Å². The van der Waals surface area contributed by atoms with Crippen molar-refractivity contribution in [2.75, 3.05) is 31.2 Å². The average Bonchev–Trinajstić information content (AvgIpc) is 3.64. The van der Waals surface area contributed by atoms with Crippen molar-refractivity contribution >= 4 is 16.7 Å². The zero-order valence-corrected chi connectivity index (χ0v) is 19.6. The van der Waals surface area contributed by atoms with E-state index < -0.39 is 17.8 Å². The number of aryl methyl sites for hydroxylation is 1. The van der Waals surface area contributed by atoms with Crippen LogP contribution >= 0.6 is 0 Å². The molecule has 1 atom stereocenters. The van der Waals surface area contributed by atoms with Crippen LogP contribution in [0.1, 0.15) is 54.4 Å². The van der Waals surface area contributed by atoms with Crippen LogP contribution in [0.5, 0.6) is 0 Å². The minimum absolute atomic E-state index is 0.201. The van der Waals surface area contributed by atoms with E-state index in [1.165, 1.54) is 13.0 Å². The molecule has 34 heavy (non-hydrogen) atoms. The van der Waals surface area contributed by atoms with Crippen LogP contribution in [0.4, 0.5) is 19.0 Å². The quantitative estimate of drug-likeness (QED) is 0.543.